The highest BCUT2D eigenvalue weighted by Gasteiger charge is 2.04. The minimum absolute atomic E-state index is 0.649. The number of benzene rings is 1. The molecule has 1 N–H and O–H groups in total. The van der Waals surface area contributed by atoms with Crippen LogP contribution in [0.5, 0.6) is 0 Å². The first-order valence-corrected chi connectivity index (χ1v) is 6.06. The van der Waals surface area contributed by atoms with Gasteiger partial charge in [-0.2, -0.15) is 0 Å². The predicted molar refractivity (Wildman–Crippen MR) is 69.9 cm³/mol. The molecule has 2 nitrogen and oxygen atoms in total. The van der Waals surface area contributed by atoms with Crippen LogP contribution in [0.2, 0.25) is 5.02 Å². The molecular formula is C12H11BrClNO. The molecule has 0 unspecified atom stereocenters. The van der Waals surface area contributed by atoms with E-state index >= 15 is 0 Å². The van der Waals surface area contributed by atoms with E-state index in [1.165, 1.54) is 0 Å². The third-order valence-electron chi connectivity index (χ3n) is 2.32. The van der Waals surface area contributed by atoms with Gasteiger partial charge in [0.1, 0.15) is 5.76 Å². The van der Waals surface area contributed by atoms with E-state index in [-0.39, 0.29) is 0 Å². The maximum absolute atomic E-state index is 5.89. The molecule has 0 aliphatic rings. The average molecular weight is 301 g/mol. The quantitative estimate of drug-likeness (QED) is 0.895. The van der Waals surface area contributed by atoms with Gasteiger partial charge in [-0.3, -0.25) is 0 Å². The fourth-order valence-electron chi connectivity index (χ4n) is 1.45. The summed E-state index contributed by atoms with van der Waals surface area (Å²) in [6.07, 6.45) is 1.66. The number of nitrogens with one attached hydrogen (secondary N) is 1. The van der Waals surface area contributed by atoms with Gasteiger partial charge in [-0.05, 0) is 52.7 Å². The Balaban J connectivity index is 2.08. The molecule has 1 heterocycles. The molecule has 0 amide bonds. The summed E-state index contributed by atoms with van der Waals surface area (Å²) in [6.45, 7) is 2.67. The minimum Gasteiger partial charge on any atom is -0.466 e. The molecule has 1 aromatic heterocycles. The summed E-state index contributed by atoms with van der Waals surface area (Å²) in [5.41, 5.74) is 2.18. The van der Waals surface area contributed by atoms with E-state index in [0.717, 1.165) is 26.5 Å². The molecule has 0 saturated heterocycles. The second kappa shape index (κ2) is 4.93. The van der Waals surface area contributed by atoms with Crippen LogP contribution in [0, 0.1) is 6.92 Å². The molecule has 0 atom stereocenters. The lowest BCUT2D eigenvalue weighted by atomic mass is 10.2. The number of furan rings is 1. The van der Waals surface area contributed by atoms with Crippen molar-refractivity contribution >= 4 is 33.2 Å². The van der Waals surface area contributed by atoms with Crippen molar-refractivity contribution in [3.8, 4) is 0 Å². The molecule has 0 saturated carbocycles. The lowest BCUT2D eigenvalue weighted by Crippen LogP contribution is -2.00. The van der Waals surface area contributed by atoms with Crippen LogP contribution >= 0.6 is 27.5 Å². The van der Waals surface area contributed by atoms with Gasteiger partial charge in [-0.15, -0.1) is 0 Å². The Labute approximate surface area is 108 Å². The van der Waals surface area contributed by atoms with Gasteiger partial charge < -0.3 is 9.73 Å². The smallest absolute Gasteiger partial charge is 0.136 e. The second-order valence-electron chi connectivity index (χ2n) is 3.50. The summed E-state index contributed by atoms with van der Waals surface area (Å²) in [5, 5.41) is 4.05. The van der Waals surface area contributed by atoms with Gasteiger partial charge in [0.2, 0.25) is 0 Å². The lowest BCUT2D eigenvalue weighted by molar-refractivity contribution is 0.516. The average Bonchev–Trinajstić information content (AvgIpc) is 2.63. The third-order valence-corrected chi connectivity index (χ3v) is 3.26. The molecule has 1 aromatic carbocycles. The van der Waals surface area contributed by atoms with E-state index in [9.17, 15) is 0 Å². The van der Waals surface area contributed by atoms with Crippen molar-refractivity contribution in [3.63, 3.8) is 0 Å². The molecule has 0 spiro atoms. The standard InChI is InChI=1S/C12H11BrClNO/c1-8-6-9(14)2-3-11(8)15-7-12-10(13)4-5-16-12/h2-6,15H,7H2,1H3. The monoisotopic (exact) mass is 299 g/mol. The number of rotatable bonds is 3. The third kappa shape index (κ3) is 2.60. The van der Waals surface area contributed by atoms with Gasteiger partial charge in [0.25, 0.3) is 0 Å². The first-order valence-electron chi connectivity index (χ1n) is 4.88. The molecule has 84 valence electrons. The van der Waals surface area contributed by atoms with Crippen LogP contribution < -0.4 is 5.32 Å². The van der Waals surface area contributed by atoms with Gasteiger partial charge in [-0.25, -0.2) is 0 Å². The topological polar surface area (TPSA) is 25.2 Å². The molecule has 2 aromatic rings. The summed E-state index contributed by atoms with van der Waals surface area (Å²) in [4.78, 5) is 0. The number of halogens is 2. The van der Waals surface area contributed by atoms with Gasteiger partial charge in [0.15, 0.2) is 0 Å². The van der Waals surface area contributed by atoms with Crippen molar-refractivity contribution in [1.82, 2.24) is 0 Å². The molecule has 4 heteroatoms. The van der Waals surface area contributed by atoms with Crippen LogP contribution in [0.3, 0.4) is 0 Å². The molecule has 0 aliphatic carbocycles. The van der Waals surface area contributed by atoms with Crippen LogP contribution in [0.4, 0.5) is 5.69 Å². The Bertz CT molecular complexity index is 496. The highest BCUT2D eigenvalue weighted by atomic mass is 79.9. The molecule has 16 heavy (non-hydrogen) atoms. The van der Waals surface area contributed by atoms with E-state index in [1.807, 2.05) is 31.2 Å². The number of anilines is 1. The fraction of sp³-hybridized carbons (Fsp3) is 0.167. The SMILES string of the molecule is Cc1cc(Cl)ccc1NCc1occc1Br. The number of aryl methyl sites for hydroxylation is 1. The van der Waals surface area contributed by atoms with Crippen molar-refractivity contribution in [1.29, 1.82) is 0 Å². The lowest BCUT2D eigenvalue weighted by Gasteiger charge is -2.08. The van der Waals surface area contributed by atoms with Gasteiger partial charge in [0.05, 0.1) is 17.3 Å². The first-order chi connectivity index (χ1) is 7.66. The molecular weight excluding hydrogens is 289 g/mol. The maximum Gasteiger partial charge on any atom is 0.136 e. The summed E-state index contributed by atoms with van der Waals surface area (Å²) < 4.78 is 6.29. The Morgan fingerprint density at radius 2 is 2.19 bits per heavy atom. The Kier molecular flexibility index (Phi) is 3.56. The summed E-state index contributed by atoms with van der Waals surface area (Å²) in [7, 11) is 0. The highest BCUT2D eigenvalue weighted by molar-refractivity contribution is 9.10. The first kappa shape index (κ1) is 11.6. The zero-order chi connectivity index (χ0) is 11.5. The van der Waals surface area contributed by atoms with E-state index < -0.39 is 0 Å². The van der Waals surface area contributed by atoms with Crippen molar-refractivity contribution in [2.45, 2.75) is 13.5 Å². The van der Waals surface area contributed by atoms with Crippen molar-refractivity contribution in [3.05, 3.63) is 51.3 Å². The van der Waals surface area contributed by atoms with Crippen molar-refractivity contribution in [2.75, 3.05) is 5.32 Å². The molecule has 0 radical (unpaired) electrons. The summed E-state index contributed by atoms with van der Waals surface area (Å²) in [5.74, 6) is 0.884. The van der Waals surface area contributed by atoms with E-state index in [1.54, 1.807) is 6.26 Å². The zero-order valence-electron chi connectivity index (χ0n) is 8.76. The van der Waals surface area contributed by atoms with Crippen LogP contribution in [0.1, 0.15) is 11.3 Å². The molecule has 0 bridgehead atoms. The largest absolute Gasteiger partial charge is 0.466 e. The molecule has 0 aliphatic heterocycles. The second-order valence-corrected chi connectivity index (χ2v) is 4.80. The minimum atomic E-state index is 0.649. The normalized spacial score (nSPS) is 10.4. The summed E-state index contributed by atoms with van der Waals surface area (Å²) in [6, 6.07) is 7.65. The zero-order valence-corrected chi connectivity index (χ0v) is 11.1. The van der Waals surface area contributed by atoms with Crippen LogP contribution in [0.25, 0.3) is 0 Å². The molecule has 2 rings (SSSR count). The Hall–Kier alpha value is -0.930. The summed E-state index contributed by atoms with van der Waals surface area (Å²) >= 11 is 9.30. The van der Waals surface area contributed by atoms with Crippen molar-refractivity contribution < 1.29 is 4.42 Å². The maximum atomic E-state index is 5.89. The van der Waals surface area contributed by atoms with Gasteiger partial charge in [0, 0.05) is 10.7 Å². The van der Waals surface area contributed by atoms with Crippen molar-refractivity contribution in [2.24, 2.45) is 0 Å². The number of hydrogen-bond donors (Lipinski definition) is 1. The van der Waals surface area contributed by atoms with Gasteiger partial charge in [-0.1, -0.05) is 11.6 Å². The van der Waals surface area contributed by atoms with E-state index in [4.69, 9.17) is 16.0 Å². The highest BCUT2D eigenvalue weighted by Crippen LogP contribution is 2.22. The van der Waals surface area contributed by atoms with Gasteiger partial charge >= 0.3 is 0 Å². The molecule has 0 fully saturated rings. The Morgan fingerprint density at radius 3 is 2.81 bits per heavy atom. The van der Waals surface area contributed by atoms with E-state index in [2.05, 4.69) is 21.2 Å². The van der Waals surface area contributed by atoms with Crippen LogP contribution in [-0.4, -0.2) is 0 Å². The van der Waals surface area contributed by atoms with Crippen LogP contribution in [-0.2, 0) is 6.54 Å². The predicted octanol–water partition coefficient (Wildman–Crippen LogP) is 4.62. The Morgan fingerprint density at radius 1 is 1.38 bits per heavy atom. The van der Waals surface area contributed by atoms with Crippen LogP contribution in [0.15, 0.2) is 39.4 Å². The fourth-order valence-corrected chi connectivity index (χ4v) is 2.02. The number of hydrogen-bond acceptors (Lipinski definition) is 2. The van der Waals surface area contributed by atoms with E-state index in [0.29, 0.717) is 6.54 Å².